The number of nitrogens with zero attached hydrogens (tertiary/aromatic N) is 3. The molecule has 1 rings (SSSR count). The Hall–Kier alpha value is -0.374. The molecule has 0 unspecified atom stereocenters. The summed E-state index contributed by atoms with van der Waals surface area (Å²) in [5.74, 6) is -1.07. The van der Waals surface area contributed by atoms with Crippen LogP contribution in [0.15, 0.2) is 0 Å². The number of hydrogen-bond donors (Lipinski definition) is 0. The van der Waals surface area contributed by atoms with Crippen LogP contribution in [0.3, 0.4) is 0 Å². The molecule has 0 radical (unpaired) electrons. The third-order valence-corrected chi connectivity index (χ3v) is 2.67. The molecule has 0 spiro atoms. The van der Waals surface area contributed by atoms with E-state index in [9.17, 15) is 30.3 Å². The van der Waals surface area contributed by atoms with Gasteiger partial charge in [-0.15, -0.1) is 0 Å². The molecule has 1 aliphatic heterocycles. The second-order valence-corrected chi connectivity index (χ2v) is 4.57. The first kappa shape index (κ1) is 19.6. The molecule has 12 heteroatoms. The molecule has 0 amide bonds. The van der Waals surface area contributed by atoms with Gasteiger partial charge < -0.3 is 9.47 Å². The predicted octanol–water partition coefficient (Wildman–Crippen LogP) is -2.78. The fourth-order valence-corrected chi connectivity index (χ4v) is 1.46. The molecular weight excluding hydrogens is 305 g/mol. The van der Waals surface area contributed by atoms with E-state index >= 15 is 0 Å². The third-order valence-electron chi connectivity index (χ3n) is 2.67. The molecule has 0 atom stereocenters. The predicted molar refractivity (Wildman–Crippen MR) is 57.6 cm³/mol. The zero-order valence-electron chi connectivity index (χ0n) is 11.2. The van der Waals surface area contributed by atoms with Crippen LogP contribution in [0.5, 0.6) is 0 Å². The van der Waals surface area contributed by atoms with Crippen molar-refractivity contribution in [1.82, 2.24) is 0 Å². The maximum absolute atomic E-state index is 11.1. The van der Waals surface area contributed by atoms with Gasteiger partial charge in [-0.25, -0.2) is 0 Å². The van der Waals surface area contributed by atoms with Gasteiger partial charge in [0.1, 0.15) is 13.2 Å². The summed E-state index contributed by atoms with van der Waals surface area (Å²) in [6, 6.07) is 0. The van der Waals surface area contributed by atoms with Crippen LogP contribution in [-0.2, 0) is 9.47 Å². The number of ether oxygens (including phenoxy) is 2. The Morgan fingerprint density at radius 1 is 1.05 bits per heavy atom. The van der Waals surface area contributed by atoms with Crippen molar-refractivity contribution in [3.63, 3.8) is 0 Å². The maximum Gasteiger partial charge on any atom is 1.00 e. The van der Waals surface area contributed by atoms with Gasteiger partial charge in [0.25, 0.3) is 11.7 Å². The molecule has 0 aromatic rings. The molecule has 0 aromatic carbocycles. The van der Waals surface area contributed by atoms with Gasteiger partial charge in [-0.2, -0.15) is 0 Å². The van der Waals surface area contributed by atoms with E-state index in [0.717, 1.165) is 0 Å². The van der Waals surface area contributed by atoms with Crippen LogP contribution in [0.4, 0.5) is 0 Å². The summed E-state index contributed by atoms with van der Waals surface area (Å²) >= 11 is 0. The van der Waals surface area contributed by atoms with E-state index in [1.165, 1.54) is 13.8 Å². The molecule has 20 heavy (non-hydrogen) atoms. The van der Waals surface area contributed by atoms with Crippen molar-refractivity contribution in [2.75, 3.05) is 13.2 Å². The molecule has 1 aliphatic rings. The molecule has 11 nitrogen and oxygen atoms in total. The van der Waals surface area contributed by atoms with Gasteiger partial charge in [0.05, 0.1) is 0 Å². The van der Waals surface area contributed by atoms with Gasteiger partial charge in [0.15, 0.2) is 5.79 Å². The first-order chi connectivity index (χ1) is 8.60. The number of nitro groups is 3. The third kappa shape index (κ3) is 4.58. The van der Waals surface area contributed by atoms with Crippen LogP contribution in [0.2, 0.25) is 0 Å². The van der Waals surface area contributed by atoms with E-state index in [0.29, 0.717) is 0 Å². The zero-order chi connectivity index (χ0) is 14.8. The summed E-state index contributed by atoms with van der Waals surface area (Å²) in [7, 11) is 0. The summed E-state index contributed by atoms with van der Waals surface area (Å²) in [5.41, 5.74) is -2.02. The van der Waals surface area contributed by atoms with Gasteiger partial charge in [-0.05, 0) is 23.7 Å². The second-order valence-electron chi connectivity index (χ2n) is 4.57. The van der Waals surface area contributed by atoms with Gasteiger partial charge in [0, 0.05) is 11.3 Å². The van der Waals surface area contributed by atoms with E-state index in [4.69, 9.17) is 9.47 Å². The summed E-state index contributed by atoms with van der Waals surface area (Å²) in [4.78, 5) is 28.8. The minimum Gasteiger partial charge on any atom is -0.343 e. The topological polar surface area (TPSA) is 148 Å². The van der Waals surface area contributed by atoms with Crippen LogP contribution >= 0.6 is 0 Å². The Morgan fingerprint density at radius 3 is 1.75 bits per heavy atom. The first-order valence-electron chi connectivity index (χ1n) is 5.17. The fourth-order valence-electron chi connectivity index (χ4n) is 1.46. The Kier molecular flexibility index (Phi) is 6.93. The Bertz CT molecular complexity index is 391. The molecule has 1 heterocycles. The fraction of sp³-hybridized carbons (Fsp3) is 0.875. The number of rotatable bonds is 5. The average Bonchev–Trinajstić information content (AvgIpc) is 2.26. The molecule has 1 fully saturated rings. The minimum absolute atomic E-state index is 0. The Morgan fingerprint density at radius 2 is 1.45 bits per heavy atom. The second kappa shape index (κ2) is 7.06. The van der Waals surface area contributed by atoms with E-state index < -0.39 is 51.9 Å². The Balaban J connectivity index is 0.00000361. The van der Waals surface area contributed by atoms with Crippen LogP contribution in [0, 0.1) is 36.5 Å². The van der Waals surface area contributed by atoms with Crippen molar-refractivity contribution in [2.45, 2.75) is 31.6 Å². The SMILES string of the molecule is CC1(C)OCC(C[C-]([N+](=O)[O-])[N+](=O)[O-])([N+](=O)[O-])CO1.[K+]. The van der Waals surface area contributed by atoms with Crippen molar-refractivity contribution in [1.29, 1.82) is 0 Å². The monoisotopic (exact) mass is 317 g/mol. The van der Waals surface area contributed by atoms with Crippen molar-refractivity contribution in [3.8, 4) is 0 Å². The smallest absolute Gasteiger partial charge is 0.343 e. The van der Waals surface area contributed by atoms with Crippen LogP contribution in [-0.4, -0.2) is 39.3 Å². The summed E-state index contributed by atoms with van der Waals surface area (Å²) < 4.78 is 10.2. The van der Waals surface area contributed by atoms with E-state index in [2.05, 4.69) is 0 Å². The molecule has 0 saturated carbocycles. The normalized spacial score (nSPS) is 19.5. The molecule has 108 valence electrons. The molecule has 1 saturated heterocycles. The van der Waals surface area contributed by atoms with Gasteiger partial charge >= 0.3 is 51.4 Å². The van der Waals surface area contributed by atoms with Crippen LogP contribution in [0.1, 0.15) is 20.3 Å². The van der Waals surface area contributed by atoms with Gasteiger partial charge in [-0.3, -0.25) is 30.3 Å². The van der Waals surface area contributed by atoms with Gasteiger partial charge in [-0.1, -0.05) is 0 Å². The van der Waals surface area contributed by atoms with Crippen molar-refractivity contribution in [2.24, 2.45) is 0 Å². The van der Waals surface area contributed by atoms with Gasteiger partial charge in [0.2, 0.25) is 0 Å². The average molecular weight is 317 g/mol. The largest absolute Gasteiger partial charge is 1.00 e. The quantitative estimate of drug-likeness (QED) is 0.229. The van der Waals surface area contributed by atoms with E-state index in [1.807, 2.05) is 0 Å². The number of hydrogen-bond acceptors (Lipinski definition) is 8. The molecule has 0 N–H and O–H groups in total. The Labute approximate surface area is 155 Å². The van der Waals surface area contributed by atoms with Crippen molar-refractivity contribution < 1.29 is 75.6 Å². The molecular formula is C8H12KN3O8. The van der Waals surface area contributed by atoms with E-state index in [1.54, 1.807) is 0 Å². The van der Waals surface area contributed by atoms with Crippen molar-refractivity contribution in [3.05, 3.63) is 36.5 Å². The maximum atomic E-state index is 11.1. The zero-order valence-corrected chi connectivity index (χ0v) is 14.4. The summed E-state index contributed by atoms with van der Waals surface area (Å²) in [6.45, 7) is 2.03. The summed E-state index contributed by atoms with van der Waals surface area (Å²) in [5, 5.41) is 32.1. The van der Waals surface area contributed by atoms with Crippen LogP contribution in [0.25, 0.3) is 0 Å². The first-order valence-corrected chi connectivity index (χ1v) is 5.17. The summed E-state index contributed by atoms with van der Waals surface area (Å²) in [6.07, 6.45) is -2.33. The molecule has 0 bridgehead atoms. The van der Waals surface area contributed by atoms with Crippen molar-refractivity contribution >= 4 is 0 Å². The minimum atomic E-state index is -2.02. The molecule has 0 aliphatic carbocycles. The van der Waals surface area contributed by atoms with E-state index in [-0.39, 0.29) is 51.4 Å². The standard InChI is InChI=1S/C8H12N3O8.K/c1-7(2)18-4-8(5-19-7,11(16)17)3-6(9(12)13)10(14)15;/h3-5H2,1-2H3;/q-1;+1. The molecule has 0 aromatic heterocycles. The van der Waals surface area contributed by atoms with Crippen LogP contribution < -0.4 is 51.4 Å².